The van der Waals surface area contributed by atoms with Gasteiger partial charge in [0.25, 0.3) is 0 Å². The van der Waals surface area contributed by atoms with E-state index in [0.29, 0.717) is 48.5 Å². The Kier molecular flexibility index (Phi) is 8.87. The van der Waals surface area contributed by atoms with E-state index in [0.717, 1.165) is 22.5 Å². The van der Waals surface area contributed by atoms with Gasteiger partial charge in [0.1, 0.15) is 11.9 Å². The minimum Gasteiger partial charge on any atom is -0.494 e. The lowest BCUT2D eigenvalue weighted by molar-refractivity contribution is -0.204. The first-order valence-electron chi connectivity index (χ1n) is 13.5. The van der Waals surface area contributed by atoms with Crippen molar-refractivity contribution in [3.63, 3.8) is 0 Å². The number of ether oxygens (including phenoxy) is 2. The first-order valence-corrected chi connectivity index (χ1v) is 15.1. The number of hydrogen-bond acceptors (Lipinski definition) is 9. The highest BCUT2D eigenvalue weighted by molar-refractivity contribution is 7.84. The van der Waals surface area contributed by atoms with E-state index >= 15 is 0 Å². The van der Waals surface area contributed by atoms with Gasteiger partial charge in [-0.3, -0.25) is 9.11 Å². The molecule has 4 aromatic rings. The molecule has 0 aliphatic carbocycles. The van der Waals surface area contributed by atoms with Crippen LogP contribution in [0.25, 0.3) is 16.8 Å². The van der Waals surface area contributed by atoms with Crippen molar-refractivity contribution in [2.45, 2.75) is 24.1 Å². The maximum absolute atomic E-state index is 12.5. The summed E-state index contributed by atoms with van der Waals surface area (Å²) in [7, 11) is 0.396. The molecule has 14 heteroatoms. The van der Waals surface area contributed by atoms with E-state index in [9.17, 15) is 22.2 Å². The minimum atomic E-state index is -5.00. The smallest absolute Gasteiger partial charge is 0.490 e. The van der Waals surface area contributed by atoms with Gasteiger partial charge in [0.15, 0.2) is 0 Å². The average molecular weight is 617 g/mol. The number of halogens is 3. The van der Waals surface area contributed by atoms with Gasteiger partial charge >= 0.3 is 12.1 Å². The number of methoxy groups -OCH3 is 1. The van der Waals surface area contributed by atoms with Crippen LogP contribution in [0.15, 0.2) is 65.7 Å². The first kappa shape index (κ1) is 30.3. The summed E-state index contributed by atoms with van der Waals surface area (Å²) >= 11 is 0. The molecule has 2 aromatic carbocycles. The Morgan fingerprint density at radius 2 is 1.84 bits per heavy atom. The van der Waals surface area contributed by atoms with Crippen molar-refractivity contribution in [1.29, 1.82) is 0 Å². The molecular weight excluding hydrogens is 585 g/mol. The number of nitrogens with zero attached hydrogens (tertiary/aromatic N) is 5. The fourth-order valence-corrected chi connectivity index (χ4v) is 5.78. The second-order valence-electron chi connectivity index (χ2n) is 10.1. The van der Waals surface area contributed by atoms with Gasteiger partial charge in [0.05, 0.1) is 41.0 Å². The zero-order valence-electron chi connectivity index (χ0n) is 23.8. The summed E-state index contributed by atoms with van der Waals surface area (Å²) in [4.78, 5) is 20.4. The number of aromatic nitrogens is 3. The fourth-order valence-electron chi connectivity index (χ4n) is 5.03. The molecule has 10 nitrogen and oxygen atoms in total. The van der Waals surface area contributed by atoms with Crippen LogP contribution in [0.1, 0.15) is 6.92 Å². The van der Waals surface area contributed by atoms with E-state index in [-0.39, 0.29) is 6.54 Å². The summed E-state index contributed by atoms with van der Waals surface area (Å²) in [6, 6.07) is 17.1. The third-order valence-electron chi connectivity index (χ3n) is 7.10. The predicted octanol–water partition coefficient (Wildman–Crippen LogP) is 4.50. The van der Waals surface area contributed by atoms with Crippen LogP contribution < -0.4 is 15.0 Å². The Balaban J connectivity index is 1.27. The second-order valence-corrected chi connectivity index (χ2v) is 11.4. The number of carbonyl (C=O) groups excluding carboxylic acids is 1. The molecule has 2 unspecified atom stereocenters. The number of nitrogens with one attached hydrogen (secondary N) is 1. The Hall–Kier alpha value is -4.17. The number of hydrogen-bond donors (Lipinski definition) is 1. The van der Waals surface area contributed by atoms with Crippen molar-refractivity contribution in [1.82, 2.24) is 19.5 Å². The lowest BCUT2D eigenvalue weighted by atomic mass is 10.1. The quantitative estimate of drug-likeness (QED) is 0.273. The van der Waals surface area contributed by atoms with Crippen LogP contribution in [-0.4, -0.2) is 88.0 Å². The van der Waals surface area contributed by atoms with Crippen LogP contribution in [0.2, 0.25) is 0 Å². The molecule has 1 fully saturated rings. The molecule has 5 rings (SSSR count). The normalized spacial score (nSPS) is 15.7. The van der Waals surface area contributed by atoms with Crippen molar-refractivity contribution in [3.05, 3.63) is 60.8 Å². The van der Waals surface area contributed by atoms with Gasteiger partial charge in [-0.2, -0.15) is 13.2 Å². The topological polar surface area (TPSA) is 101 Å². The van der Waals surface area contributed by atoms with Crippen LogP contribution >= 0.6 is 0 Å². The highest BCUT2D eigenvalue weighted by atomic mass is 32.2. The second kappa shape index (κ2) is 12.6. The van der Waals surface area contributed by atoms with Crippen LogP contribution in [0.3, 0.4) is 0 Å². The Labute approximate surface area is 248 Å². The molecule has 1 aliphatic heterocycles. The van der Waals surface area contributed by atoms with Crippen molar-refractivity contribution in [2.75, 3.05) is 56.3 Å². The van der Waals surface area contributed by atoms with E-state index in [1.54, 1.807) is 24.1 Å². The van der Waals surface area contributed by atoms with Crippen molar-refractivity contribution >= 4 is 39.6 Å². The summed E-state index contributed by atoms with van der Waals surface area (Å²) in [5, 5.41) is 7.92. The molecule has 0 bridgehead atoms. The van der Waals surface area contributed by atoms with Crippen molar-refractivity contribution in [2.24, 2.45) is 0 Å². The maximum Gasteiger partial charge on any atom is 0.490 e. The molecule has 2 atom stereocenters. The number of rotatable bonds is 9. The van der Waals surface area contributed by atoms with Gasteiger partial charge in [-0.05, 0) is 37.3 Å². The molecule has 228 valence electrons. The zero-order valence-corrected chi connectivity index (χ0v) is 24.6. The van der Waals surface area contributed by atoms with Gasteiger partial charge in [-0.15, -0.1) is 5.10 Å². The molecule has 2 aromatic heterocycles. The van der Waals surface area contributed by atoms with E-state index in [4.69, 9.17) is 4.74 Å². The molecule has 43 heavy (non-hydrogen) atoms. The third kappa shape index (κ3) is 6.91. The SMILES string of the molecule is COc1cc(N2CCN(CC(C)OC(=O)C(F)(F)F)CC2)ccc1Nc1ncc2ccc(-c3ccccc3S(C)=O)n2n1. The number of fused-ring (bicyclic) bond motifs is 1. The molecule has 1 N–H and O–H groups in total. The van der Waals surface area contributed by atoms with Gasteiger partial charge in [-0.25, -0.2) is 14.3 Å². The molecule has 1 saturated heterocycles. The van der Waals surface area contributed by atoms with E-state index < -0.39 is 29.0 Å². The Bertz CT molecular complexity index is 1640. The monoisotopic (exact) mass is 616 g/mol. The lowest BCUT2D eigenvalue weighted by Gasteiger charge is -2.37. The number of esters is 1. The Morgan fingerprint density at radius 1 is 1.09 bits per heavy atom. The van der Waals surface area contributed by atoms with E-state index in [1.165, 1.54) is 6.92 Å². The van der Waals surface area contributed by atoms with Gasteiger partial charge in [0.2, 0.25) is 5.95 Å². The summed E-state index contributed by atoms with van der Waals surface area (Å²) in [5.74, 6) is -1.24. The van der Waals surface area contributed by atoms with Crippen LogP contribution in [0.5, 0.6) is 5.75 Å². The number of carbonyl (C=O) groups is 1. The molecular formula is C29H31F3N6O4S. The Morgan fingerprint density at radius 3 is 2.53 bits per heavy atom. The molecule has 0 spiro atoms. The van der Waals surface area contributed by atoms with Crippen LogP contribution in [0.4, 0.5) is 30.5 Å². The standard InChI is InChI=1S/C29H31F3N6O4S/c1-19(42-27(39)29(30,31)32)18-36-12-14-37(15-13-36)20-8-10-23(25(16-20)41-2)34-28-33-17-21-9-11-24(38(21)35-28)22-6-4-5-7-26(22)43(3)40/h4-11,16-17,19H,12-15,18H2,1-3H3,(H,34,35). The highest BCUT2D eigenvalue weighted by Crippen LogP contribution is 2.33. The van der Waals surface area contributed by atoms with Gasteiger partial charge in [0, 0.05) is 61.2 Å². The third-order valence-corrected chi connectivity index (χ3v) is 8.07. The van der Waals surface area contributed by atoms with Gasteiger partial charge in [-0.1, -0.05) is 18.2 Å². The number of anilines is 3. The summed E-state index contributed by atoms with van der Waals surface area (Å²) in [5.41, 5.74) is 3.99. The van der Waals surface area contributed by atoms with Crippen LogP contribution in [-0.2, 0) is 20.3 Å². The maximum atomic E-state index is 12.5. The van der Waals surface area contributed by atoms with Gasteiger partial charge < -0.3 is 19.7 Å². The molecule has 0 saturated carbocycles. The largest absolute Gasteiger partial charge is 0.494 e. The molecule has 0 amide bonds. The summed E-state index contributed by atoms with van der Waals surface area (Å²) in [6.07, 6.45) is -2.52. The van der Waals surface area contributed by atoms with E-state index in [1.807, 2.05) is 59.5 Å². The van der Waals surface area contributed by atoms with Crippen molar-refractivity contribution < 1.29 is 31.6 Å². The first-order chi connectivity index (χ1) is 20.5. The average Bonchev–Trinajstić information content (AvgIpc) is 3.40. The number of alkyl halides is 3. The fraction of sp³-hybridized carbons (Fsp3) is 0.345. The summed E-state index contributed by atoms with van der Waals surface area (Å²) < 4.78 is 61.7. The number of piperazine rings is 1. The lowest BCUT2D eigenvalue weighted by Crippen LogP contribution is -2.49. The van der Waals surface area contributed by atoms with Crippen molar-refractivity contribution in [3.8, 4) is 17.0 Å². The van der Waals surface area contributed by atoms with Crippen LogP contribution in [0, 0.1) is 0 Å². The number of benzene rings is 2. The molecule has 3 heterocycles. The minimum absolute atomic E-state index is 0.219. The molecule has 0 radical (unpaired) electrons. The molecule has 1 aliphatic rings. The van der Waals surface area contributed by atoms with E-state index in [2.05, 4.69) is 25.0 Å². The summed E-state index contributed by atoms with van der Waals surface area (Å²) in [6.45, 7) is 4.14. The highest BCUT2D eigenvalue weighted by Gasteiger charge is 2.42. The zero-order chi connectivity index (χ0) is 30.7. The predicted molar refractivity (Wildman–Crippen MR) is 157 cm³/mol.